The molecule has 0 radical (unpaired) electrons. The highest BCUT2D eigenvalue weighted by atomic mass is 16.3. The number of benzene rings is 1. The minimum atomic E-state index is -0.128. The lowest BCUT2D eigenvalue weighted by Crippen LogP contribution is -2.36. The molecule has 1 aromatic rings. The van der Waals surface area contributed by atoms with E-state index < -0.39 is 0 Å². The Morgan fingerprint density at radius 1 is 1.23 bits per heavy atom. The Labute approximate surface area is 134 Å². The van der Waals surface area contributed by atoms with Crippen molar-refractivity contribution < 1.29 is 9.90 Å². The monoisotopic (exact) mass is 303 g/mol. The third-order valence-corrected chi connectivity index (χ3v) is 4.47. The number of hydrogen-bond acceptors (Lipinski definition) is 3. The minimum absolute atomic E-state index is 0.00470. The van der Waals surface area contributed by atoms with Crippen molar-refractivity contribution in [2.24, 2.45) is 0 Å². The van der Waals surface area contributed by atoms with E-state index in [1.807, 2.05) is 18.2 Å². The van der Waals surface area contributed by atoms with Crippen LogP contribution in [0.4, 0.5) is 0 Å². The summed E-state index contributed by atoms with van der Waals surface area (Å²) in [7, 11) is 0. The Kier molecular flexibility index (Phi) is 5.76. The van der Waals surface area contributed by atoms with E-state index in [1.54, 1.807) is 0 Å². The molecule has 122 valence electrons. The second kappa shape index (κ2) is 7.38. The number of ketones is 1. The van der Waals surface area contributed by atoms with Gasteiger partial charge in [-0.1, -0.05) is 45.0 Å². The smallest absolute Gasteiger partial charge is 0.163 e. The van der Waals surface area contributed by atoms with Gasteiger partial charge in [0.2, 0.25) is 0 Å². The number of carbonyl (C=O) groups is 1. The van der Waals surface area contributed by atoms with Crippen molar-refractivity contribution in [3.05, 3.63) is 35.4 Å². The lowest BCUT2D eigenvalue weighted by Gasteiger charge is -2.29. The van der Waals surface area contributed by atoms with Gasteiger partial charge >= 0.3 is 0 Å². The van der Waals surface area contributed by atoms with Gasteiger partial charge in [0.05, 0.1) is 6.10 Å². The lowest BCUT2D eigenvalue weighted by atomic mass is 9.82. The second-order valence-corrected chi connectivity index (χ2v) is 7.40. The SMILES string of the molecule is CC(C)(C)c1ccccc1C(=O)CCCN1CCC(O)CC1. The summed E-state index contributed by atoms with van der Waals surface area (Å²) in [6, 6.07) is 7.99. The number of aliphatic hydroxyl groups is 1. The molecular weight excluding hydrogens is 274 g/mol. The van der Waals surface area contributed by atoms with Crippen LogP contribution in [0.5, 0.6) is 0 Å². The average molecular weight is 303 g/mol. The van der Waals surface area contributed by atoms with Crippen molar-refractivity contribution >= 4 is 5.78 Å². The van der Waals surface area contributed by atoms with E-state index in [0.717, 1.165) is 50.0 Å². The van der Waals surface area contributed by atoms with Crippen LogP contribution in [0, 0.1) is 0 Å². The molecule has 0 atom stereocenters. The van der Waals surface area contributed by atoms with Crippen molar-refractivity contribution in [1.82, 2.24) is 4.90 Å². The first-order valence-corrected chi connectivity index (χ1v) is 8.41. The van der Waals surface area contributed by atoms with Gasteiger partial charge in [-0.2, -0.15) is 0 Å². The maximum absolute atomic E-state index is 12.5. The fourth-order valence-electron chi connectivity index (χ4n) is 3.12. The third kappa shape index (κ3) is 4.65. The van der Waals surface area contributed by atoms with Gasteiger partial charge in [-0.05, 0) is 36.8 Å². The molecule has 1 fully saturated rings. The summed E-state index contributed by atoms with van der Waals surface area (Å²) in [5.74, 6) is 0.252. The average Bonchev–Trinajstić information content (AvgIpc) is 2.48. The largest absolute Gasteiger partial charge is 0.393 e. The Bertz CT molecular complexity index is 496. The van der Waals surface area contributed by atoms with Crippen LogP contribution in [0.1, 0.15) is 62.4 Å². The predicted molar refractivity (Wildman–Crippen MR) is 90.4 cm³/mol. The molecule has 1 aliphatic heterocycles. The van der Waals surface area contributed by atoms with E-state index >= 15 is 0 Å². The van der Waals surface area contributed by atoms with Gasteiger partial charge in [-0.15, -0.1) is 0 Å². The minimum Gasteiger partial charge on any atom is -0.393 e. The molecule has 0 spiro atoms. The first-order chi connectivity index (χ1) is 10.4. The number of Topliss-reactive ketones (excluding diaryl/α,β-unsaturated/α-hetero) is 1. The zero-order valence-electron chi connectivity index (χ0n) is 14.1. The standard InChI is InChI=1S/C19H29NO2/c1-19(2,3)17-8-5-4-7-16(17)18(22)9-6-12-20-13-10-15(21)11-14-20/h4-5,7-8,15,21H,6,9-14H2,1-3H3. The zero-order chi connectivity index (χ0) is 16.2. The molecular formula is C19H29NO2. The highest BCUT2D eigenvalue weighted by Crippen LogP contribution is 2.26. The van der Waals surface area contributed by atoms with Crippen LogP contribution in [0.15, 0.2) is 24.3 Å². The van der Waals surface area contributed by atoms with Crippen LogP contribution in [0.2, 0.25) is 0 Å². The van der Waals surface area contributed by atoms with Crippen LogP contribution < -0.4 is 0 Å². The van der Waals surface area contributed by atoms with E-state index in [9.17, 15) is 9.90 Å². The topological polar surface area (TPSA) is 40.5 Å². The molecule has 1 aromatic carbocycles. The van der Waals surface area contributed by atoms with Crippen LogP contribution in [0.25, 0.3) is 0 Å². The number of nitrogens with zero attached hydrogens (tertiary/aromatic N) is 1. The van der Waals surface area contributed by atoms with Crippen LogP contribution in [-0.4, -0.2) is 41.5 Å². The summed E-state index contributed by atoms with van der Waals surface area (Å²) in [5, 5.41) is 9.52. The van der Waals surface area contributed by atoms with Gasteiger partial charge in [0.25, 0.3) is 0 Å². The highest BCUT2D eigenvalue weighted by molar-refractivity contribution is 5.97. The molecule has 0 aromatic heterocycles. The van der Waals surface area contributed by atoms with Gasteiger partial charge in [0.15, 0.2) is 5.78 Å². The lowest BCUT2D eigenvalue weighted by molar-refractivity contribution is 0.0799. The predicted octanol–water partition coefficient (Wildman–Crippen LogP) is 3.40. The van der Waals surface area contributed by atoms with Crippen LogP contribution in [-0.2, 0) is 5.41 Å². The number of likely N-dealkylation sites (tertiary alicyclic amines) is 1. The van der Waals surface area contributed by atoms with Crippen LogP contribution in [0.3, 0.4) is 0 Å². The number of piperidine rings is 1. The Morgan fingerprint density at radius 2 is 1.86 bits per heavy atom. The summed E-state index contributed by atoms with van der Waals surface area (Å²) in [6.07, 6.45) is 3.10. The molecule has 0 unspecified atom stereocenters. The molecule has 3 heteroatoms. The van der Waals surface area contributed by atoms with Crippen LogP contribution >= 0.6 is 0 Å². The molecule has 1 aliphatic rings. The Morgan fingerprint density at radius 3 is 2.50 bits per heavy atom. The van der Waals surface area contributed by atoms with Crippen molar-refractivity contribution in [1.29, 1.82) is 0 Å². The first-order valence-electron chi connectivity index (χ1n) is 8.41. The molecule has 22 heavy (non-hydrogen) atoms. The van der Waals surface area contributed by atoms with Crippen molar-refractivity contribution in [3.63, 3.8) is 0 Å². The van der Waals surface area contributed by atoms with Gasteiger partial charge in [-0.25, -0.2) is 0 Å². The Balaban J connectivity index is 1.88. The molecule has 0 aliphatic carbocycles. The maximum Gasteiger partial charge on any atom is 0.163 e. The van der Waals surface area contributed by atoms with Crippen molar-refractivity contribution in [2.45, 2.75) is 58.0 Å². The van der Waals surface area contributed by atoms with E-state index in [1.165, 1.54) is 0 Å². The van der Waals surface area contributed by atoms with Gasteiger partial charge in [0, 0.05) is 25.1 Å². The first kappa shape index (κ1) is 17.2. The summed E-state index contributed by atoms with van der Waals surface area (Å²) in [4.78, 5) is 14.9. The second-order valence-electron chi connectivity index (χ2n) is 7.40. The van der Waals surface area contributed by atoms with Crippen molar-refractivity contribution in [3.8, 4) is 0 Å². The fraction of sp³-hybridized carbons (Fsp3) is 0.632. The molecule has 0 amide bonds. The summed E-state index contributed by atoms with van der Waals surface area (Å²) in [6.45, 7) is 9.31. The summed E-state index contributed by atoms with van der Waals surface area (Å²) < 4.78 is 0. The van der Waals surface area contributed by atoms with E-state index in [-0.39, 0.29) is 17.3 Å². The maximum atomic E-state index is 12.5. The normalized spacial score (nSPS) is 17.6. The van der Waals surface area contributed by atoms with Gasteiger partial charge in [0.1, 0.15) is 0 Å². The molecule has 1 heterocycles. The molecule has 0 saturated carbocycles. The van der Waals surface area contributed by atoms with Gasteiger partial charge < -0.3 is 10.0 Å². The molecule has 1 saturated heterocycles. The van der Waals surface area contributed by atoms with E-state index in [4.69, 9.17) is 0 Å². The van der Waals surface area contributed by atoms with Gasteiger partial charge in [-0.3, -0.25) is 4.79 Å². The molecule has 0 bridgehead atoms. The number of aliphatic hydroxyl groups excluding tert-OH is 1. The fourth-order valence-corrected chi connectivity index (χ4v) is 3.12. The summed E-state index contributed by atoms with van der Waals surface area (Å²) in [5.41, 5.74) is 2.01. The third-order valence-electron chi connectivity index (χ3n) is 4.47. The summed E-state index contributed by atoms with van der Waals surface area (Å²) >= 11 is 0. The quantitative estimate of drug-likeness (QED) is 0.848. The Hall–Kier alpha value is -1.19. The van der Waals surface area contributed by atoms with E-state index in [2.05, 4.69) is 31.7 Å². The highest BCUT2D eigenvalue weighted by Gasteiger charge is 2.21. The number of rotatable bonds is 5. The molecule has 3 nitrogen and oxygen atoms in total. The molecule has 1 N–H and O–H groups in total. The van der Waals surface area contributed by atoms with E-state index in [0.29, 0.717) is 6.42 Å². The molecule has 2 rings (SSSR count). The zero-order valence-corrected chi connectivity index (χ0v) is 14.1. The van der Waals surface area contributed by atoms with Crippen molar-refractivity contribution in [2.75, 3.05) is 19.6 Å². The number of hydrogen-bond donors (Lipinski definition) is 1. The number of carbonyl (C=O) groups excluding carboxylic acids is 1.